The fraction of sp³-hybridized carbons (Fsp3) is 0.364. The maximum absolute atomic E-state index is 13.9. The topological polar surface area (TPSA) is 69.7 Å². The summed E-state index contributed by atoms with van der Waals surface area (Å²) >= 11 is 0. The van der Waals surface area contributed by atoms with Crippen LogP contribution in [0.1, 0.15) is 50.3 Å². The van der Waals surface area contributed by atoms with Crippen LogP contribution in [-0.2, 0) is 15.7 Å². The van der Waals surface area contributed by atoms with Gasteiger partial charge in [0.15, 0.2) is 0 Å². The maximum Gasteiger partial charge on any atom is 0.513 e. The van der Waals surface area contributed by atoms with E-state index < -0.39 is 23.8 Å². The highest BCUT2D eigenvalue weighted by atomic mass is 19.4. The van der Waals surface area contributed by atoms with Crippen molar-refractivity contribution in [1.29, 1.82) is 0 Å². The Morgan fingerprint density at radius 2 is 1.94 bits per heavy atom. The Balaban J connectivity index is 2.27. The molecule has 0 aliphatic carbocycles. The second kappa shape index (κ2) is 8.87. The van der Waals surface area contributed by atoms with Gasteiger partial charge in [0.1, 0.15) is 5.76 Å². The fourth-order valence-corrected chi connectivity index (χ4v) is 3.45. The number of benzene rings is 1. The maximum atomic E-state index is 13.9. The molecule has 1 atom stereocenters. The summed E-state index contributed by atoms with van der Waals surface area (Å²) in [5, 5.41) is 3.07. The average Bonchev–Trinajstić information content (AvgIpc) is 2.68. The van der Waals surface area contributed by atoms with E-state index in [4.69, 9.17) is 14.2 Å². The lowest BCUT2D eigenvalue weighted by atomic mass is 9.83. The van der Waals surface area contributed by atoms with Crippen LogP contribution >= 0.6 is 0 Å². The number of fused-ring (bicyclic) bond motifs is 1. The van der Waals surface area contributed by atoms with Crippen LogP contribution in [0.4, 0.5) is 23.7 Å². The monoisotopic (exact) mass is 436 g/mol. The summed E-state index contributed by atoms with van der Waals surface area (Å²) in [4.78, 5) is 16.4. The lowest BCUT2D eigenvalue weighted by Gasteiger charge is -2.32. The molecule has 0 fully saturated rings. The minimum absolute atomic E-state index is 0.00995. The van der Waals surface area contributed by atoms with E-state index >= 15 is 0 Å². The summed E-state index contributed by atoms with van der Waals surface area (Å²) in [6.07, 6.45) is -4.40. The molecule has 2 heterocycles. The molecule has 1 aromatic carbocycles. The van der Waals surface area contributed by atoms with Crippen LogP contribution in [0, 0.1) is 0 Å². The second-order valence-corrected chi connectivity index (χ2v) is 7.16. The first-order valence-electron chi connectivity index (χ1n) is 9.77. The number of hydrogen-bond acceptors (Lipinski definition) is 6. The quantitative estimate of drug-likeness (QED) is 0.593. The molecule has 6 nitrogen and oxygen atoms in total. The number of halogens is 3. The van der Waals surface area contributed by atoms with Gasteiger partial charge in [-0.15, -0.1) is 0 Å². The third kappa shape index (κ3) is 4.76. The van der Waals surface area contributed by atoms with E-state index in [1.54, 1.807) is 33.8 Å². The van der Waals surface area contributed by atoms with Crippen LogP contribution in [0.3, 0.4) is 0 Å². The Labute approximate surface area is 178 Å². The molecule has 31 heavy (non-hydrogen) atoms. The highest BCUT2D eigenvalue weighted by molar-refractivity contribution is 5.70. The van der Waals surface area contributed by atoms with Gasteiger partial charge < -0.3 is 19.5 Å². The zero-order chi connectivity index (χ0) is 22.8. The fourth-order valence-electron chi connectivity index (χ4n) is 3.45. The Bertz CT molecular complexity index is 1000. The molecular weight excluding hydrogens is 413 g/mol. The molecule has 2 aromatic rings. The van der Waals surface area contributed by atoms with Gasteiger partial charge in [0, 0.05) is 11.9 Å². The van der Waals surface area contributed by atoms with Crippen molar-refractivity contribution in [3.8, 4) is 5.88 Å². The van der Waals surface area contributed by atoms with Gasteiger partial charge in [0.2, 0.25) is 5.88 Å². The van der Waals surface area contributed by atoms with E-state index in [0.717, 1.165) is 6.07 Å². The third-order valence-electron chi connectivity index (χ3n) is 4.58. The molecule has 0 radical (unpaired) electrons. The third-order valence-corrected chi connectivity index (χ3v) is 4.58. The highest BCUT2D eigenvalue weighted by Crippen LogP contribution is 2.49. The van der Waals surface area contributed by atoms with Gasteiger partial charge >= 0.3 is 12.3 Å². The summed E-state index contributed by atoms with van der Waals surface area (Å²) in [7, 11) is 0. The molecule has 1 aromatic heterocycles. The zero-order valence-electron chi connectivity index (χ0n) is 17.5. The molecule has 9 heteroatoms. The summed E-state index contributed by atoms with van der Waals surface area (Å²) < 4.78 is 57.7. The number of rotatable bonds is 5. The van der Waals surface area contributed by atoms with E-state index in [1.807, 2.05) is 0 Å². The van der Waals surface area contributed by atoms with Gasteiger partial charge in [-0.3, -0.25) is 0 Å². The summed E-state index contributed by atoms with van der Waals surface area (Å²) in [5.74, 6) is -0.954. The van der Waals surface area contributed by atoms with E-state index in [1.165, 1.54) is 24.4 Å². The average molecular weight is 436 g/mol. The van der Waals surface area contributed by atoms with E-state index in [9.17, 15) is 18.0 Å². The summed E-state index contributed by atoms with van der Waals surface area (Å²) in [6.45, 7) is 6.85. The molecule has 0 saturated heterocycles. The van der Waals surface area contributed by atoms with Crippen molar-refractivity contribution >= 4 is 11.8 Å². The predicted octanol–water partition coefficient (Wildman–Crippen LogP) is 5.85. The van der Waals surface area contributed by atoms with Gasteiger partial charge in [-0.05, 0) is 45.4 Å². The van der Waals surface area contributed by atoms with E-state index in [2.05, 4.69) is 10.3 Å². The first-order valence-corrected chi connectivity index (χ1v) is 9.77. The van der Waals surface area contributed by atoms with Crippen LogP contribution in [0.2, 0.25) is 0 Å². The van der Waals surface area contributed by atoms with E-state index in [0.29, 0.717) is 16.9 Å². The second-order valence-electron chi connectivity index (χ2n) is 7.16. The van der Waals surface area contributed by atoms with Gasteiger partial charge in [-0.1, -0.05) is 18.2 Å². The highest BCUT2D eigenvalue weighted by Gasteiger charge is 2.41. The van der Waals surface area contributed by atoms with Gasteiger partial charge in [0.25, 0.3) is 0 Å². The first-order chi connectivity index (χ1) is 14.6. The lowest BCUT2D eigenvalue weighted by molar-refractivity contribution is -0.138. The van der Waals surface area contributed by atoms with Crippen LogP contribution < -0.4 is 10.1 Å². The number of hydrogen-bond donors (Lipinski definition) is 1. The molecule has 166 valence electrons. The minimum Gasteiger partial charge on any atom is -0.475 e. The van der Waals surface area contributed by atoms with Crippen molar-refractivity contribution in [2.75, 3.05) is 11.9 Å². The van der Waals surface area contributed by atoms with Gasteiger partial charge in [-0.25, -0.2) is 9.78 Å². The number of carbonyl (C=O) groups excluding carboxylic acids is 1. The molecule has 0 spiro atoms. The first kappa shape index (κ1) is 22.5. The molecule has 0 saturated carbocycles. The van der Waals surface area contributed by atoms with Gasteiger partial charge in [0.05, 0.1) is 35.5 Å². The smallest absolute Gasteiger partial charge is 0.475 e. The largest absolute Gasteiger partial charge is 0.513 e. The normalized spacial score (nSPS) is 15.9. The SMILES string of the molecule is CCOC(=O)OC1=C(C)Nc2ccnc(OC(C)C)c2C1c1ccccc1C(F)(F)F. The van der Waals surface area contributed by atoms with Crippen LogP contribution in [0.15, 0.2) is 48.0 Å². The Morgan fingerprint density at radius 3 is 2.58 bits per heavy atom. The Hall–Kier alpha value is -3.23. The molecule has 1 aliphatic rings. The number of carbonyl (C=O) groups is 1. The minimum atomic E-state index is -4.62. The number of nitrogens with zero attached hydrogens (tertiary/aromatic N) is 1. The van der Waals surface area contributed by atoms with Crippen LogP contribution in [0.25, 0.3) is 0 Å². The number of allylic oxidation sites excluding steroid dienone is 2. The number of aromatic nitrogens is 1. The lowest BCUT2D eigenvalue weighted by Crippen LogP contribution is -2.25. The summed E-state index contributed by atoms with van der Waals surface area (Å²) in [6, 6.07) is 6.80. The van der Waals surface area contributed by atoms with Crippen molar-refractivity contribution in [3.63, 3.8) is 0 Å². The number of anilines is 1. The van der Waals surface area contributed by atoms with Crippen molar-refractivity contribution in [3.05, 3.63) is 64.7 Å². The predicted molar refractivity (Wildman–Crippen MR) is 108 cm³/mol. The zero-order valence-corrected chi connectivity index (χ0v) is 17.5. The number of ether oxygens (including phenoxy) is 3. The number of pyridine rings is 1. The Kier molecular flexibility index (Phi) is 6.42. The molecule has 1 unspecified atom stereocenters. The standard InChI is InChI=1S/C22H23F3N2O4/c1-5-29-21(28)31-19-13(4)27-16-10-11-26-20(30-12(2)3)18(16)17(19)14-8-6-7-9-15(14)22(23,24)25/h6-12,17,27H,5H2,1-4H3. The van der Waals surface area contributed by atoms with E-state index in [-0.39, 0.29) is 29.9 Å². The van der Waals surface area contributed by atoms with Crippen LogP contribution in [-0.4, -0.2) is 23.9 Å². The van der Waals surface area contributed by atoms with Crippen molar-refractivity contribution in [1.82, 2.24) is 4.98 Å². The Morgan fingerprint density at radius 1 is 1.23 bits per heavy atom. The molecule has 0 amide bonds. The van der Waals surface area contributed by atoms with Crippen molar-refractivity contribution in [2.45, 2.75) is 45.9 Å². The summed E-state index contributed by atoms with van der Waals surface area (Å²) in [5.41, 5.74) is 0.311. The van der Waals surface area contributed by atoms with Crippen molar-refractivity contribution in [2.24, 2.45) is 0 Å². The molecular formula is C22H23F3N2O4. The molecule has 1 N–H and O–H groups in total. The molecule has 3 rings (SSSR count). The molecule has 1 aliphatic heterocycles. The number of alkyl halides is 3. The van der Waals surface area contributed by atoms with Gasteiger partial charge in [-0.2, -0.15) is 13.2 Å². The van der Waals surface area contributed by atoms with Crippen molar-refractivity contribution < 1.29 is 32.2 Å². The van der Waals surface area contributed by atoms with Crippen LogP contribution in [0.5, 0.6) is 5.88 Å². The molecule has 0 bridgehead atoms. The number of nitrogens with one attached hydrogen (secondary N) is 1.